The van der Waals surface area contributed by atoms with Crippen molar-refractivity contribution in [3.63, 3.8) is 0 Å². The normalized spacial score (nSPS) is 31.9. The zero-order valence-corrected chi connectivity index (χ0v) is 12.4. The molecule has 0 aromatic heterocycles. The predicted octanol–water partition coefficient (Wildman–Crippen LogP) is 3.96. The number of aliphatic imine (C=N–C) groups is 1. The number of hydrogen-bond donors (Lipinski definition) is 1. The Bertz CT molecular complexity index is 314. The monoisotopic (exact) mass is 266 g/mol. The van der Waals surface area contributed by atoms with Gasteiger partial charge in [0, 0.05) is 11.3 Å². The minimum Gasteiger partial charge on any atom is -0.359 e. The van der Waals surface area contributed by atoms with E-state index in [-0.39, 0.29) is 0 Å². The molecule has 0 bridgehead atoms. The molecule has 0 radical (unpaired) electrons. The summed E-state index contributed by atoms with van der Waals surface area (Å²) < 4.78 is 0. The summed E-state index contributed by atoms with van der Waals surface area (Å²) in [4.78, 5) is 4.98. The molecule has 1 unspecified atom stereocenters. The molecule has 2 nitrogen and oxygen atoms in total. The second kappa shape index (κ2) is 5.44. The van der Waals surface area contributed by atoms with Gasteiger partial charge in [-0.05, 0) is 38.5 Å². The molecule has 3 heteroatoms. The smallest absolute Gasteiger partial charge is 0.157 e. The lowest BCUT2D eigenvalue weighted by Crippen LogP contribution is -2.45. The Balaban J connectivity index is 1.60. The van der Waals surface area contributed by atoms with Gasteiger partial charge in [0.05, 0.1) is 6.04 Å². The number of nitrogens with one attached hydrogen (secondary N) is 1. The van der Waals surface area contributed by atoms with Crippen LogP contribution in [0.1, 0.15) is 64.7 Å². The van der Waals surface area contributed by atoms with Crippen molar-refractivity contribution < 1.29 is 0 Å². The third kappa shape index (κ3) is 2.71. The molecule has 0 amide bonds. The Morgan fingerprint density at radius 1 is 1.17 bits per heavy atom. The van der Waals surface area contributed by atoms with Gasteiger partial charge in [0.15, 0.2) is 5.17 Å². The standard InChI is InChI=1S/C15H26N2S/c1-12(13-7-3-4-8-13)16-14-17-15(11-18-14)9-5-2-6-10-15/h12-13H,2-11H2,1H3,(H,16,17). The van der Waals surface area contributed by atoms with Crippen molar-refractivity contribution in [2.75, 3.05) is 5.75 Å². The minimum absolute atomic E-state index is 0.414. The zero-order valence-electron chi connectivity index (χ0n) is 11.6. The summed E-state index contributed by atoms with van der Waals surface area (Å²) in [5.74, 6) is 2.10. The van der Waals surface area contributed by atoms with Gasteiger partial charge in [-0.15, -0.1) is 0 Å². The molecule has 0 aromatic rings. The molecular weight excluding hydrogens is 240 g/mol. The van der Waals surface area contributed by atoms with Gasteiger partial charge in [-0.1, -0.05) is 43.9 Å². The second-order valence-corrected chi connectivity index (χ2v) is 7.44. The van der Waals surface area contributed by atoms with E-state index >= 15 is 0 Å². The number of amidine groups is 1. The molecule has 3 aliphatic rings. The molecule has 1 atom stereocenters. The van der Waals surface area contributed by atoms with Crippen molar-refractivity contribution in [2.45, 2.75) is 76.3 Å². The molecule has 2 saturated carbocycles. The van der Waals surface area contributed by atoms with Gasteiger partial charge in [-0.25, -0.2) is 0 Å². The highest BCUT2D eigenvalue weighted by Crippen LogP contribution is 2.37. The van der Waals surface area contributed by atoms with E-state index in [0.717, 1.165) is 5.92 Å². The summed E-state index contributed by atoms with van der Waals surface area (Å²) in [6, 6.07) is 0.529. The molecule has 1 heterocycles. The predicted molar refractivity (Wildman–Crippen MR) is 80.3 cm³/mol. The topological polar surface area (TPSA) is 24.4 Å². The van der Waals surface area contributed by atoms with E-state index < -0.39 is 0 Å². The molecule has 102 valence electrons. The Morgan fingerprint density at radius 2 is 1.89 bits per heavy atom. The minimum atomic E-state index is 0.414. The summed E-state index contributed by atoms with van der Waals surface area (Å²) in [5.41, 5.74) is 0.414. The number of thioether (sulfide) groups is 1. The Hall–Kier alpha value is -0.180. The van der Waals surface area contributed by atoms with Crippen molar-refractivity contribution in [2.24, 2.45) is 10.9 Å². The van der Waals surface area contributed by atoms with Crippen LogP contribution in [0, 0.1) is 5.92 Å². The first-order valence-electron chi connectivity index (χ1n) is 7.76. The summed E-state index contributed by atoms with van der Waals surface area (Å²) >= 11 is 1.97. The highest BCUT2D eigenvalue weighted by Gasteiger charge is 2.38. The van der Waals surface area contributed by atoms with E-state index in [2.05, 4.69) is 12.2 Å². The van der Waals surface area contributed by atoms with Crippen LogP contribution in [0.15, 0.2) is 4.99 Å². The van der Waals surface area contributed by atoms with Crippen LogP contribution in [0.25, 0.3) is 0 Å². The van der Waals surface area contributed by atoms with Crippen LogP contribution in [0.5, 0.6) is 0 Å². The molecular formula is C15H26N2S. The summed E-state index contributed by atoms with van der Waals surface area (Å²) in [6.45, 7) is 2.32. The highest BCUT2D eigenvalue weighted by atomic mass is 32.2. The zero-order chi connectivity index (χ0) is 12.4. The average Bonchev–Trinajstić information content (AvgIpc) is 3.01. The van der Waals surface area contributed by atoms with Gasteiger partial charge in [-0.3, -0.25) is 4.99 Å². The first kappa shape index (κ1) is 12.8. The van der Waals surface area contributed by atoms with E-state index in [1.165, 1.54) is 68.7 Å². The van der Waals surface area contributed by atoms with Gasteiger partial charge in [-0.2, -0.15) is 0 Å². The van der Waals surface area contributed by atoms with Crippen molar-refractivity contribution in [1.82, 2.24) is 5.32 Å². The molecule has 2 aliphatic carbocycles. The fraction of sp³-hybridized carbons (Fsp3) is 0.933. The van der Waals surface area contributed by atoms with Crippen LogP contribution in [-0.4, -0.2) is 22.5 Å². The molecule has 1 aliphatic heterocycles. The van der Waals surface area contributed by atoms with Crippen LogP contribution < -0.4 is 5.32 Å². The highest BCUT2D eigenvalue weighted by molar-refractivity contribution is 8.14. The maximum atomic E-state index is 4.98. The average molecular weight is 266 g/mol. The van der Waals surface area contributed by atoms with E-state index in [4.69, 9.17) is 4.99 Å². The fourth-order valence-electron chi connectivity index (χ4n) is 3.80. The maximum absolute atomic E-state index is 4.98. The lowest BCUT2D eigenvalue weighted by molar-refractivity contribution is 0.303. The van der Waals surface area contributed by atoms with E-state index in [0.29, 0.717) is 11.6 Å². The molecule has 3 rings (SSSR count). The molecule has 18 heavy (non-hydrogen) atoms. The van der Waals surface area contributed by atoms with Crippen LogP contribution in [0.3, 0.4) is 0 Å². The van der Waals surface area contributed by atoms with Gasteiger partial charge in [0.25, 0.3) is 0 Å². The summed E-state index contributed by atoms with van der Waals surface area (Å²) in [7, 11) is 0. The van der Waals surface area contributed by atoms with E-state index in [1.54, 1.807) is 0 Å². The van der Waals surface area contributed by atoms with Crippen molar-refractivity contribution in [1.29, 1.82) is 0 Å². The quantitative estimate of drug-likeness (QED) is 0.818. The van der Waals surface area contributed by atoms with E-state index in [9.17, 15) is 0 Å². The van der Waals surface area contributed by atoms with Crippen LogP contribution in [0.2, 0.25) is 0 Å². The Morgan fingerprint density at radius 3 is 2.61 bits per heavy atom. The second-order valence-electron chi connectivity index (χ2n) is 6.47. The van der Waals surface area contributed by atoms with Crippen LogP contribution in [0.4, 0.5) is 0 Å². The first-order valence-corrected chi connectivity index (χ1v) is 8.75. The van der Waals surface area contributed by atoms with Crippen molar-refractivity contribution >= 4 is 16.9 Å². The lowest BCUT2D eigenvalue weighted by atomic mass is 9.83. The van der Waals surface area contributed by atoms with Crippen molar-refractivity contribution in [3.8, 4) is 0 Å². The molecule has 1 spiro atoms. The molecule has 1 saturated heterocycles. The maximum Gasteiger partial charge on any atom is 0.157 e. The molecule has 1 N–H and O–H groups in total. The third-order valence-electron chi connectivity index (χ3n) is 5.07. The number of nitrogens with zero attached hydrogens (tertiary/aromatic N) is 1. The van der Waals surface area contributed by atoms with Crippen LogP contribution >= 0.6 is 11.8 Å². The number of rotatable bonds is 2. The Kier molecular flexibility index (Phi) is 3.88. The fourth-order valence-corrected chi connectivity index (χ4v) is 5.11. The number of hydrogen-bond acceptors (Lipinski definition) is 2. The van der Waals surface area contributed by atoms with E-state index in [1.807, 2.05) is 11.8 Å². The van der Waals surface area contributed by atoms with Gasteiger partial charge < -0.3 is 5.32 Å². The third-order valence-corrected chi connectivity index (χ3v) is 6.25. The molecule has 3 fully saturated rings. The lowest BCUT2D eigenvalue weighted by Gasteiger charge is -2.32. The summed E-state index contributed by atoms with van der Waals surface area (Å²) in [6.07, 6.45) is 12.6. The Labute approximate surface area is 115 Å². The van der Waals surface area contributed by atoms with Crippen LogP contribution in [-0.2, 0) is 0 Å². The largest absolute Gasteiger partial charge is 0.359 e. The van der Waals surface area contributed by atoms with Gasteiger partial charge >= 0.3 is 0 Å². The summed E-state index contributed by atoms with van der Waals surface area (Å²) in [5, 5.41) is 5.02. The van der Waals surface area contributed by atoms with Gasteiger partial charge in [0.2, 0.25) is 0 Å². The first-order chi connectivity index (χ1) is 8.77. The SMILES string of the molecule is CC(N=C1NC2(CCCCC2)CS1)C1CCCC1. The molecule has 0 aromatic carbocycles. The van der Waals surface area contributed by atoms with Crippen molar-refractivity contribution in [3.05, 3.63) is 0 Å². The van der Waals surface area contributed by atoms with Gasteiger partial charge in [0.1, 0.15) is 0 Å².